The fourth-order valence-electron chi connectivity index (χ4n) is 3.86. The summed E-state index contributed by atoms with van der Waals surface area (Å²) in [6.07, 6.45) is 4.20. The lowest BCUT2D eigenvalue weighted by Gasteiger charge is -2.33. The lowest BCUT2D eigenvalue weighted by atomic mass is 9.90. The molecule has 0 radical (unpaired) electrons. The van der Waals surface area contributed by atoms with Crippen LogP contribution in [-0.4, -0.2) is 47.9 Å². The third kappa shape index (κ3) is 7.26. The molecule has 1 atom stereocenters. The topological polar surface area (TPSA) is 58.6 Å². The summed E-state index contributed by atoms with van der Waals surface area (Å²) >= 11 is 1.33. The van der Waals surface area contributed by atoms with Crippen LogP contribution in [0.25, 0.3) is 0 Å². The number of nitrogens with zero attached hydrogens (tertiary/aromatic N) is 1. The summed E-state index contributed by atoms with van der Waals surface area (Å²) in [6.45, 7) is 3.41. The van der Waals surface area contributed by atoms with Crippen LogP contribution in [0.2, 0.25) is 0 Å². The number of thioether (sulfide) groups is 1. The minimum absolute atomic E-state index is 0.0955. The molecule has 1 aliphatic rings. The van der Waals surface area contributed by atoms with Crippen molar-refractivity contribution >= 4 is 29.3 Å². The van der Waals surface area contributed by atoms with Crippen LogP contribution in [0.1, 0.15) is 31.7 Å². The van der Waals surface area contributed by atoms with Crippen molar-refractivity contribution in [3.8, 4) is 5.75 Å². The molecule has 2 aromatic rings. The molecule has 1 aliphatic heterocycles. The fraction of sp³-hybridized carbons (Fsp3) is 0.440. The van der Waals surface area contributed by atoms with Gasteiger partial charge in [0, 0.05) is 18.8 Å². The van der Waals surface area contributed by atoms with Gasteiger partial charge >= 0.3 is 0 Å². The number of methoxy groups -OCH3 is 1. The average Bonchev–Trinajstić information content (AvgIpc) is 2.83. The molecule has 5 nitrogen and oxygen atoms in total. The summed E-state index contributed by atoms with van der Waals surface area (Å²) < 4.78 is 18.2. The first kappa shape index (κ1) is 24.1. The lowest BCUT2D eigenvalue weighted by Crippen LogP contribution is -2.42. The Labute approximate surface area is 193 Å². The predicted octanol–water partition coefficient (Wildman–Crippen LogP) is 4.77. The molecule has 0 spiro atoms. The third-order valence-electron chi connectivity index (χ3n) is 5.87. The Balaban J connectivity index is 1.35. The van der Waals surface area contributed by atoms with Crippen molar-refractivity contribution in [1.82, 2.24) is 4.90 Å². The Bertz CT molecular complexity index is 881. The second-order valence-electron chi connectivity index (χ2n) is 8.16. The zero-order valence-corrected chi connectivity index (χ0v) is 19.5. The van der Waals surface area contributed by atoms with Crippen LogP contribution >= 0.6 is 11.8 Å². The van der Waals surface area contributed by atoms with E-state index in [1.54, 1.807) is 7.11 Å². The number of hydrogen-bond donors (Lipinski definition) is 1. The quantitative estimate of drug-likeness (QED) is 0.588. The number of likely N-dealkylation sites (tertiary alicyclic amines) is 1. The second kappa shape index (κ2) is 11.9. The summed E-state index contributed by atoms with van der Waals surface area (Å²) in [7, 11) is 1.67. The highest BCUT2D eigenvalue weighted by Crippen LogP contribution is 2.25. The van der Waals surface area contributed by atoms with Gasteiger partial charge < -0.3 is 15.0 Å². The number of rotatable bonds is 9. The molecule has 1 N–H and O–H groups in total. The van der Waals surface area contributed by atoms with E-state index < -0.39 is 0 Å². The number of carbonyl (C=O) groups is 2. The average molecular weight is 459 g/mol. The number of carbonyl (C=O) groups excluding carboxylic acids is 2. The normalized spacial score (nSPS) is 15.3. The van der Waals surface area contributed by atoms with E-state index in [-0.39, 0.29) is 28.6 Å². The van der Waals surface area contributed by atoms with Crippen LogP contribution < -0.4 is 10.1 Å². The fourth-order valence-corrected chi connectivity index (χ4v) is 4.63. The van der Waals surface area contributed by atoms with E-state index in [0.717, 1.165) is 44.5 Å². The summed E-state index contributed by atoms with van der Waals surface area (Å²) in [6, 6.07) is 13.9. The second-order valence-corrected chi connectivity index (χ2v) is 9.49. The maximum absolute atomic E-state index is 13.0. The monoisotopic (exact) mass is 458 g/mol. The smallest absolute Gasteiger partial charge is 0.235 e. The minimum atomic E-state index is -0.346. The molecule has 2 aromatic carbocycles. The van der Waals surface area contributed by atoms with E-state index in [0.29, 0.717) is 11.6 Å². The molecular formula is C25H31FN2O3S. The van der Waals surface area contributed by atoms with Crippen molar-refractivity contribution in [2.24, 2.45) is 5.92 Å². The molecule has 0 saturated carbocycles. The summed E-state index contributed by atoms with van der Waals surface area (Å²) in [5, 5.41) is 2.45. The molecule has 1 unspecified atom stereocenters. The first-order valence-corrected chi connectivity index (χ1v) is 12.1. The zero-order valence-electron chi connectivity index (χ0n) is 18.7. The molecule has 0 aliphatic carbocycles. The van der Waals surface area contributed by atoms with Gasteiger partial charge in [-0.05, 0) is 80.5 Å². The van der Waals surface area contributed by atoms with Crippen molar-refractivity contribution in [2.45, 2.75) is 37.9 Å². The molecule has 32 heavy (non-hydrogen) atoms. The minimum Gasteiger partial charge on any atom is -0.497 e. The van der Waals surface area contributed by atoms with Crippen LogP contribution in [0.3, 0.4) is 0 Å². The molecule has 2 amide bonds. The number of ether oxygens (including phenoxy) is 1. The van der Waals surface area contributed by atoms with E-state index in [1.165, 1.54) is 41.6 Å². The number of aryl methyl sites for hydroxylation is 1. The number of amides is 2. The molecular weight excluding hydrogens is 427 g/mol. The van der Waals surface area contributed by atoms with Gasteiger partial charge in [0.2, 0.25) is 11.8 Å². The Kier molecular flexibility index (Phi) is 8.97. The first-order valence-electron chi connectivity index (χ1n) is 11.0. The van der Waals surface area contributed by atoms with E-state index in [4.69, 9.17) is 4.74 Å². The maximum Gasteiger partial charge on any atom is 0.235 e. The first-order chi connectivity index (χ1) is 15.4. The number of halogens is 1. The number of anilines is 1. The van der Waals surface area contributed by atoms with Gasteiger partial charge in [0.05, 0.1) is 18.1 Å². The molecule has 7 heteroatoms. The predicted molar refractivity (Wildman–Crippen MR) is 128 cm³/mol. The van der Waals surface area contributed by atoms with Crippen LogP contribution in [0.4, 0.5) is 10.1 Å². The van der Waals surface area contributed by atoms with Crippen molar-refractivity contribution in [1.29, 1.82) is 0 Å². The van der Waals surface area contributed by atoms with Gasteiger partial charge in [0.15, 0.2) is 0 Å². The molecule has 0 bridgehead atoms. The number of benzene rings is 2. The van der Waals surface area contributed by atoms with Crippen molar-refractivity contribution in [3.63, 3.8) is 0 Å². The van der Waals surface area contributed by atoms with Crippen LogP contribution in [-0.2, 0) is 16.0 Å². The van der Waals surface area contributed by atoms with E-state index in [2.05, 4.69) is 17.4 Å². The number of hydrogen-bond acceptors (Lipinski definition) is 4. The highest BCUT2D eigenvalue weighted by Gasteiger charge is 2.26. The van der Waals surface area contributed by atoms with Gasteiger partial charge in [-0.25, -0.2) is 4.39 Å². The van der Waals surface area contributed by atoms with Gasteiger partial charge in [0.1, 0.15) is 11.6 Å². The Hall–Kier alpha value is -2.54. The van der Waals surface area contributed by atoms with Crippen LogP contribution in [0, 0.1) is 11.7 Å². The van der Waals surface area contributed by atoms with Crippen molar-refractivity contribution in [2.75, 3.05) is 31.3 Å². The molecule has 172 valence electrons. The van der Waals surface area contributed by atoms with Crippen molar-refractivity contribution < 1.29 is 18.7 Å². The molecule has 1 fully saturated rings. The number of nitrogens with one attached hydrogen (secondary N) is 1. The largest absolute Gasteiger partial charge is 0.497 e. The Morgan fingerprint density at radius 1 is 1.12 bits per heavy atom. The van der Waals surface area contributed by atoms with Gasteiger partial charge in [0.25, 0.3) is 0 Å². The molecule has 3 rings (SSSR count). The van der Waals surface area contributed by atoms with E-state index >= 15 is 0 Å². The summed E-state index contributed by atoms with van der Waals surface area (Å²) in [4.78, 5) is 26.8. The van der Waals surface area contributed by atoms with Gasteiger partial charge in [-0.1, -0.05) is 12.1 Å². The zero-order chi connectivity index (χ0) is 22.9. The van der Waals surface area contributed by atoms with Crippen LogP contribution in [0.5, 0.6) is 5.75 Å². The SMILES string of the molecule is COc1ccc(CCC2CCN(C(=O)C(C)SCC(=O)Nc3ccc(F)cc3)CC2)cc1. The van der Waals surface area contributed by atoms with Crippen molar-refractivity contribution in [3.05, 3.63) is 59.9 Å². The summed E-state index contributed by atoms with van der Waals surface area (Å²) in [5.74, 6) is 1.24. The van der Waals surface area contributed by atoms with Crippen LogP contribution in [0.15, 0.2) is 48.5 Å². The lowest BCUT2D eigenvalue weighted by molar-refractivity contribution is -0.131. The Morgan fingerprint density at radius 3 is 2.41 bits per heavy atom. The standard InChI is InChI=1S/C25H31FN2O3S/c1-18(32-17-24(29)27-22-9-7-21(26)8-10-22)25(30)28-15-13-20(14-16-28)4-3-19-5-11-23(31-2)12-6-19/h5-12,18,20H,3-4,13-17H2,1-2H3,(H,27,29). The highest BCUT2D eigenvalue weighted by atomic mass is 32.2. The van der Waals surface area contributed by atoms with E-state index in [9.17, 15) is 14.0 Å². The molecule has 1 heterocycles. The summed E-state index contributed by atoms with van der Waals surface area (Å²) in [5.41, 5.74) is 1.86. The number of piperidine rings is 1. The molecule has 0 aromatic heterocycles. The highest BCUT2D eigenvalue weighted by molar-refractivity contribution is 8.01. The van der Waals surface area contributed by atoms with Gasteiger partial charge in [-0.15, -0.1) is 11.8 Å². The third-order valence-corrected chi connectivity index (χ3v) is 7.00. The van der Waals surface area contributed by atoms with Gasteiger partial charge in [-0.3, -0.25) is 9.59 Å². The Morgan fingerprint density at radius 2 is 1.78 bits per heavy atom. The maximum atomic E-state index is 13.0. The van der Waals surface area contributed by atoms with Gasteiger partial charge in [-0.2, -0.15) is 0 Å². The molecule has 1 saturated heterocycles. The van der Waals surface area contributed by atoms with E-state index in [1.807, 2.05) is 24.0 Å².